The van der Waals surface area contributed by atoms with Crippen LogP contribution in [-0.4, -0.2) is 0 Å². The molecule has 0 bridgehead atoms. The zero-order valence-corrected chi connectivity index (χ0v) is 13.4. The molecule has 104 valence electrons. The van der Waals surface area contributed by atoms with Gasteiger partial charge >= 0.3 is 0 Å². The summed E-state index contributed by atoms with van der Waals surface area (Å²) in [7, 11) is 0. The largest absolute Gasteiger partial charge is 0.376 e. The molecular formula is C15H11Cl4N. The molecule has 0 aliphatic heterocycles. The lowest BCUT2D eigenvalue weighted by atomic mass is 10.1. The van der Waals surface area contributed by atoms with Crippen LogP contribution in [0.2, 0.25) is 20.1 Å². The molecule has 0 heterocycles. The minimum Gasteiger partial charge on any atom is -0.376 e. The first-order valence-corrected chi connectivity index (χ1v) is 7.75. The van der Waals surface area contributed by atoms with Crippen LogP contribution in [0.4, 0.5) is 5.69 Å². The van der Waals surface area contributed by atoms with Gasteiger partial charge in [-0.3, -0.25) is 0 Å². The van der Waals surface area contributed by atoms with Crippen LogP contribution in [0, 0.1) is 0 Å². The highest BCUT2D eigenvalue weighted by molar-refractivity contribution is 6.41. The van der Waals surface area contributed by atoms with Gasteiger partial charge in [0, 0.05) is 10.0 Å². The Morgan fingerprint density at radius 3 is 2.30 bits per heavy atom. The van der Waals surface area contributed by atoms with Crippen molar-refractivity contribution >= 4 is 52.1 Å². The maximum atomic E-state index is 6.21. The van der Waals surface area contributed by atoms with Crippen molar-refractivity contribution in [3.05, 3.63) is 61.5 Å². The molecule has 0 saturated carbocycles. The van der Waals surface area contributed by atoms with Crippen molar-refractivity contribution in [2.75, 3.05) is 5.32 Å². The van der Waals surface area contributed by atoms with E-state index in [1.54, 1.807) is 12.1 Å². The fourth-order valence-corrected chi connectivity index (χ4v) is 3.71. The maximum absolute atomic E-state index is 6.21. The highest BCUT2D eigenvalue weighted by Gasteiger charge is 2.23. The maximum Gasteiger partial charge on any atom is 0.0724 e. The predicted octanol–water partition coefficient (Wildman–Crippen LogP) is 6.40. The Hall–Kier alpha value is -0.600. The van der Waals surface area contributed by atoms with Gasteiger partial charge in [-0.05, 0) is 48.2 Å². The van der Waals surface area contributed by atoms with Crippen LogP contribution in [0.5, 0.6) is 0 Å². The molecule has 2 aromatic carbocycles. The first-order chi connectivity index (χ1) is 9.54. The summed E-state index contributed by atoms with van der Waals surface area (Å²) in [5.74, 6) is 0. The summed E-state index contributed by atoms with van der Waals surface area (Å²) in [6.45, 7) is 0. The lowest BCUT2D eigenvalue weighted by Gasteiger charge is -2.18. The molecule has 1 atom stereocenters. The molecule has 5 heteroatoms. The van der Waals surface area contributed by atoms with E-state index >= 15 is 0 Å². The van der Waals surface area contributed by atoms with Crippen LogP contribution in [0.25, 0.3) is 0 Å². The van der Waals surface area contributed by atoms with E-state index in [9.17, 15) is 0 Å². The number of hydrogen-bond donors (Lipinski definition) is 1. The standard InChI is InChI=1S/C15H11Cl4N/c16-9-2-3-11-8(5-9)1-4-14(11)20-15-12(18)6-10(17)7-13(15)19/h2-3,5-7,14,20H,1,4H2. The molecule has 2 aromatic rings. The number of aryl methyl sites for hydroxylation is 1. The Morgan fingerprint density at radius 2 is 1.60 bits per heavy atom. The second-order valence-electron chi connectivity index (χ2n) is 4.82. The second-order valence-corrected chi connectivity index (χ2v) is 6.51. The molecule has 1 nitrogen and oxygen atoms in total. The summed E-state index contributed by atoms with van der Waals surface area (Å²) in [6.07, 6.45) is 1.99. The SMILES string of the molecule is Clc1cc(Cl)c(NC2CCc3cc(Cl)ccc32)c(Cl)c1. The van der Waals surface area contributed by atoms with Gasteiger partial charge in [-0.15, -0.1) is 0 Å². The third-order valence-corrected chi connectivity index (χ3v) is 4.56. The highest BCUT2D eigenvalue weighted by Crippen LogP contribution is 2.40. The van der Waals surface area contributed by atoms with Gasteiger partial charge in [0.1, 0.15) is 0 Å². The summed E-state index contributed by atoms with van der Waals surface area (Å²) in [4.78, 5) is 0. The van der Waals surface area contributed by atoms with Crippen molar-refractivity contribution < 1.29 is 0 Å². The van der Waals surface area contributed by atoms with Crippen molar-refractivity contribution in [1.82, 2.24) is 0 Å². The van der Waals surface area contributed by atoms with Gasteiger partial charge in [0.15, 0.2) is 0 Å². The molecule has 0 aromatic heterocycles. The third kappa shape index (κ3) is 2.73. The molecule has 0 saturated heterocycles. The number of fused-ring (bicyclic) bond motifs is 1. The second kappa shape index (κ2) is 5.65. The van der Waals surface area contributed by atoms with Crippen LogP contribution in [0.15, 0.2) is 30.3 Å². The first-order valence-electron chi connectivity index (χ1n) is 6.24. The Kier molecular flexibility index (Phi) is 4.05. The van der Waals surface area contributed by atoms with Gasteiger partial charge in [0.05, 0.1) is 21.8 Å². The van der Waals surface area contributed by atoms with Crippen molar-refractivity contribution in [1.29, 1.82) is 0 Å². The van der Waals surface area contributed by atoms with E-state index in [4.69, 9.17) is 46.4 Å². The quantitative estimate of drug-likeness (QED) is 0.663. The molecular weight excluding hydrogens is 336 g/mol. The fourth-order valence-electron chi connectivity index (χ4n) is 2.59. The van der Waals surface area contributed by atoms with Gasteiger partial charge < -0.3 is 5.32 Å². The van der Waals surface area contributed by atoms with Gasteiger partial charge in [-0.25, -0.2) is 0 Å². The minimum absolute atomic E-state index is 0.193. The van der Waals surface area contributed by atoms with Gasteiger partial charge in [-0.2, -0.15) is 0 Å². The van der Waals surface area contributed by atoms with Crippen LogP contribution in [-0.2, 0) is 6.42 Å². The summed E-state index contributed by atoms with van der Waals surface area (Å²) in [6, 6.07) is 9.55. The molecule has 0 amide bonds. The molecule has 0 fully saturated rings. The summed E-state index contributed by atoms with van der Waals surface area (Å²) < 4.78 is 0. The number of hydrogen-bond acceptors (Lipinski definition) is 1. The van der Waals surface area contributed by atoms with Gasteiger partial charge in [0.25, 0.3) is 0 Å². The van der Waals surface area contributed by atoms with Crippen molar-refractivity contribution in [3.8, 4) is 0 Å². The molecule has 1 aliphatic rings. The molecule has 20 heavy (non-hydrogen) atoms. The summed E-state index contributed by atoms with van der Waals surface area (Å²) in [5, 5.41) is 5.78. The number of rotatable bonds is 2. The van der Waals surface area contributed by atoms with E-state index in [1.807, 2.05) is 12.1 Å². The van der Waals surface area contributed by atoms with Crippen molar-refractivity contribution in [2.24, 2.45) is 0 Å². The molecule has 1 unspecified atom stereocenters. The molecule has 1 aliphatic carbocycles. The number of benzene rings is 2. The van der Waals surface area contributed by atoms with Crippen LogP contribution in [0.3, 0.4) is 0 Å². The molecule has 1 N–H and O–H groups in total. The average molecular weight is 347 g/mol. The van der Waals surface area contributed by atoms with E-state index in [0.29, 0.717) is 15.1 Å². The zero-order chi connectivity index (χ0) is 14.3. The number of halogens is 4. The van der Waals surface area contributed by atoms with E-state index in [0.717, 1.165) is 23.6 Å². The van der Waals surface area contributed by atoms with Crippen LogP contribution >= 0.6 is 46.4 Å². The van der Waals surface area contributed by atoms with E-state index in [2.05, 4.69) is 11.4 Å². The van der Waals surface area contributed by atoms with Crippen LogP contribution < -0.4 is 5.32 Å². The molecule has 0 spiro atoms. The number of nitrogens with one attached hydrogen (secondary N) is 1. The molecule has 3 rings (SSSR count). The smallest absolute Gasteiger partial charge is 0.0724 e. The zero-order valence-electron chi connectivity index (χ0n) is 10.4. The normalized spacial score (nSPS) is 17.1. The van der Waals surface area contributed by atoms with E-state index in [-0.39, 0.29) is 6.04 Å². The minimum atomic E-state index is 0.193. The lowest BCUT2D eigenvalue weighted by Crippen LogP contribution is -2.08. The average Bonchev–Trinajstić information content (AvgIpc) is 2.76. The molecule has 0 radical (unpaired) electrons. The Bertz CT molecular complexity index is 646. The van der Waals surface area contributed by atoms with Crippen LogP contribution in [0.1, 0.15) is 23.6 Å². The van der Waals surface area contributed by atoms with E-state index < -0.39 is 0 Å². The number of anilines is 1. The predicted molar refractivity (Wildman–Crippen MR) is 87.6 cm³/mol. The Balaban J connectivity index is 1.91. The monoisotopic (exact) mass is 345 g/mol. The Morgan fingerprint density at radius 1 is 0.900 bits per heavy atom. The van der Waals surface area contributed by atoms with Gasteiger partial charge in [-0.1, -0.05) is 52.5 Å². The topological polar surface area (TPSA) is 12.0 Å². The van der Waals surface area contributed by atoms with Crippen molar-refractivity contribution in [3.63, 3.8) is 0 Å². The summed E-state index contributed by atoms with van der Waals surface area (Å²) >= 11 is 24.4. The fraction of sp³-hybridized carbons (Fsp3) is 0.200. The van der Waals surface area contributed by atoms with Crippen molar-refractivity contribution in [2.45, 2.75) is 18.9 Å². The highest BCUT2D eigenvalue weighted by atomic mass is 35.5. The summed E-state index contributed by atoms with van der Waals surface area (Å²) in [5.41, 5.74) is 3.25. The lowest BCUT2D eigenvalue weighted by molar-refractivity contribution is 0.762. The van der Waals surface area contributed by atoms with Gasteiger partial charge in [0.2, 0.25) is 0 Å². The third-order valence-electron chi connectivity index (χ3n) is 3.51. The Labute approximate surface area is 137 Å². The van der Waals surface area contributed by atoms with E-state index in [1.165, 1.54) is 11.1 Å². The first kappa shape index (κ1) is 14.3.